The minimum absolute atomic E-state index is 0.0409. The first kappa shape index (κ1) is 21.6. The average molecular weight is 438 g/mol. The van der Waals surface area contributed by atoms with E-state index in [1.807, 2.05) is 31.2 Å². The molecule has 4 amide bonds. The highest BCUT2D eigenvalue weighted by molar-refractivity contribution is 5.92. The minimum atomic E-state index is -0.370. The van der Waals surface area contributed by atoms with Crippen LogP contribution < -0.4 is 15.4 Å². The molecule has 2 N–H and O–H groups in total. The highest BCUT2D eigenvalue weighted by Gasteiger charge is 2.43. The molecule has 0 bridgehead atoms. The zero-order valence-electron chi connectivity index (χ0n) is 18.0. The number of benzene rings is 1. The van der Waals surface area contributed by atoms with Gasteiger partial charge in [0.25, 0.3) is 0 Å². The lowest BCUT2D eigenvalue weighted by molar-refractivity contribution is -0.132. The van der Waals surface area contributed by atoms with Crippen molar-refractivity contribution in [1.29, 1.82) is 0 Å². The Kier molecular flexibility index (Phi) is 6.53. The number of nitrogens with one attached hydrogen (secondary N) is 2. The lowest BCUT2D eigenvalue weighted by Crippen LogP contribution is -2.62. The fourth-order valence-electron chi connectivity index (χ4n) is 3.96. The molecule has 1 aromatic heterocycles. The van der Waals surface area contributed by atoms with Crippen molar-refractivity contribution in [3.63, 3.8) is 0 Å². The van der Waals surface area contributed by atoms with Gasteiger partial charge in [-0.3, -0.25) is 14.6 Å². The molecule has 1 unspecified atom stereocenters. The molecule has 0 aliphatic carbocycles. The third kappa shape index (κ3) is 4.82. The molecule has 32 heavy (non-hydrogen) atoms. The van der Waals surface area contributed by atoms with Crippen LogP contribution in [-0.2, 0) is 16.1 Å². The van der Waals surface area contributed by atoms with Crippen LogP contribution in [0.25, 0.3) is 0 Å². The second-order valence-electron chi connectivity index (χ2n) is 7.94. The zero-order valence-corrected chi connectivity index (χ0v) is 18.0. The Labute approximate surface area is 186 Å². The Morgan fingerprint density at radius 1 is 1.12 bits per heavy atom. The van der Waals surface area contributed by atoms with Crippen molar-refractivity contribution in [3.05, 3.63) is 54.4 Å². The molecule has 1 aromatic carbocycles. The average Bonchev–Trinajstić information content (AvgIpc) is 3.14. The molecule has 2 saturated heterocycles. The van der Waals surface area contributed by atoms with Crippen molar-refractivity contribution < 1.29 is 19.1 Å². The van der Waals surface area contributed by atoms with Crippen molar-refractivity contribution in [2.24, 2.45) is 5.92 Å². The summed E-state index contributed by atoms with van der Waals surface area (Å²) in [4.78, 5) is 44.9. The predicted molar refractivity (Wildman–Crippen MR) is 118 cm³/mol. The highest BCUT2D eigenvalue weighted by atomic mass is 16.5. The molecule has 0 saturated carbocycles. The molecular weight excluding hydrogens is 410 g/mol. The number of aromatic nitrogens is 1. The Morgan fingerprint density at radius 3 is 2.62 bits per heavy atom. The number of anilines is 1. The Bertz CT molecular complexity index is 977. The molecule has 168 valence electrons. The summed E-state index contributed by atoms with van der Waals surface area (Å²) in [6.07, 6.45) is 3.55. The summed E-state index contributed by atoms with van der Waals surface area (Å²) >= 11 is 0. The SMILES string of the molecule is CCOc1ccccc1NC(=O)N1CC(N2CC(C(=O)NCc3ccncc3)CC2=O)C1. The van der Waals surface area contributed by atoms with Crippen molar-refractivity contribution in [2.45, 2.75) is 25.9 Å². The molecule has 2 fully saturated rings. The van der Waals surface area contributed by atoms with Crippen LogP contribution in [0.3, 0.4) is 0 Å². The molecule has 1 atom stereocenters. The van der Waals surface area contributed by atoms with Crippen molar-refractivity contribution in [1.82, 2.24) is 20.1 Å². The summed E-state index contributed by atoms with van der Waals surface area (Å²) in [5.41, 5.74) is 1.58. The van der Waals surface area contributed by atoms with Gasteiger partial charge in [0.1, 0.15) is 5.75 Å². The first-order valence-electron chi connectivity index (χ1n) is 10.8. The number of amides is 4. The normalized spacial score (nSPS) is 18.3. The topological polar surface area (TPSA) is 104 Å². The predicted octanol–water partition coefficient (Wildman–Crippen LogP) is 1.86. The number of rotatable bonds is 7. The van der Waals surface area contributed by atoms with Crippen LogP contribution in [0.5, 0.6) is 5.75 Å². The number of likely N-dealkylation sites (tertiary alicyclic amines) is 2. The smallest absolute Gasteiger partial charge is 0.322 e. The van der Waals surface area contributed by atoms with Gasteiger partial charge in [-0.1, -0.05) is 12.1 Å². The Morgan fingerprint density at radius 2 is 1.88 bits per heavy atom. The summed E-state index contributed by atoms with van der Waals surface area (Å²) in [5, 5.41) is 5.76. The number of carbonyl (C=O) groups excluding carboxylic acids is 3. The Balaban J connectivity index is 1.25. The van der Waals surface area contributed by atoms with Gasteiger partial charge in [-0.05, 0) is 36.8 Å². The molecule has 2 aliphatic rings. The highest BCUT2D eigenvalue weighted by Crippen LogP contribution is 2.27. The third-order valence-electron chi connectivity index (χ3n) is 5.76. The molecule has 9 nitrogen and oxygen atoms in total. The summed E-state index contributed by atoms with van der Waals surface area (Å²) in [5.74, 6) is 0.0842. The maximum atomic E-state index is 12.6. The zero-order chi connectivity index (χ0) is 22.5. The number of nitrogens with zero attached hydrogens (tertiary/aromatic N) is 3. The number of ether oxygens (including phenoxy) is 1. The van der Waals surface area contributed by atoms with Gasteiger partial charge < -0.3 is 25.2 Å². The minimum Gasteiger partial charge on any atom is -0.492 e. The number of urea groups is 1. The second-order valence-corrected chi connectivity index (χ2v) is 7.94. The van der Waals surface area contributed by atoms with Crippen LogP contribution in [0.1, 0.15) is 18.9 Å². The van der Waals surface area contributed by atoms with E-state index in [1.165, 1.54) is 0 Å². The fraction of sp³-hybridized carbons (Fsp3) is 0.391. The lowest BCUT2D eigenvalue weighted by Gasteiger charge is -2.43. The van der Waals surface area contributed by atoms with Crippen molar-refractivity contribution >= 4 is 23.5 Å². The Hall–Kier alpha value is -3.62. The summed E-state index contributed by atoms with van der Waals surface area (Å²) in [7, 11) is 0. The van der Waals surface area contributed by atoms with Gasteiger partial charge in [-0.25, -0.2) is 4.79 Å². The van der Waals surface area contributed by atoms with Gasteiger partial charge in [0.15, 0.2) is 0 Å². The molecule has 2 aliphatic heterocycles. The van der Waals surface area contributed by atoms with E-state index < -0.39 is 0 Å². The van der Waals surface area contributed by atoms with Crippen molar-refractivity contribution in [2.75, 3.05) is 31.6 Å². The summed E-state index contributed by atoms with van der Waals surface area (Å²) in [6.45, 7) is 4.08. The van der Waals surface area contributed by atoms with E-state index in [-0.39, 0.29) is 36.2 Å². The van der Waals surface area contributed by atoms with E-state index in [0.717, 1.165) is 5.56 Å². The summed E-state index contributed by atoms with van der Waals surface area (Å²) < 4.78 is 5.54. The van der Waals surface area contributed by atoms with Gasteiger partial charge in [0, 0.05) is 45.0 Å². The van der Waals surface area contributed by atoms with Gasteiger partial charge in [0.2, 0.25) is 11.8 Å². The van der Waals surface area contributed by atoms with E-state index in [0.29, 0.717) is 44.2 Å². The maximum Gasteiger partial charge on any atom is 0.322 e. The fourth-order valence-corrected chi connectivity index (χ4v) is 3.96. The standard InChI is InChI=1S/C23H27N5O4/c1-2-32-20-6-4-3-5-19(20)26-23(31)27-14-18(15-27)28-13-17(11-21(28)29)22(30)25-12-16-7-9-24-10-8-16/h3-10,17-18H,2,11-15H2,1H3,(H,25,30)(H,26,31). The number of hydrogen-bond donors (Lipinski definition) is 2. The van der Waals surface area contributed by atoms with Crippen LogP contribution in [0.15, 0.2) is 48.8 Å². The largest absolute Gasteiger partial charge is 0.492 e. The molecule has 3 heterocycles. The maximum absolute atomic E-state index is 12.6. The van der Waals surface area contributed by atoms with E-state index in [2.05, 4.69) is 15.6 Å². The third-order valence-corrected chi connectivity index (χ3v) is 5.76. The van der Waals surface area contributed by atoms with Crippen LogP contribution in [0.4, 0.5) is 10.5 Å². The van der Waals surface area contributed by atoms with E-state index >= 15 is 0 Å². The molecule has 9 heteroatoms. The first-order chi connectivity index (χ1) is 15.5. The number of para-hydroxylation sites is 2. The number of pyridine rings is 1. The molecule has 0 spiro atoms. The number of hydrogen-bond acceptors (Lipinski definition) is 5. The van der Waals surface area contributed by atoms with E-state index in [4.69, 9.17) is 4.74 Å². The van der Waals surface area contributed by atoms with Crippen LogP contribution in [0, 0.1) is 5.92 Å². The lowest BCUT2D eigenvalue weighted by atomic mass is 10.1. The second kappa shape index (κ2) is 9.67. The first-order valence-corrected chi connectivity index (χ1v) is 10.8. The van der Waals surface area contributed by atoms with Crippen LogP contribution in [0.2, 0.25) is 0 Å². The molecular formula is C23H27N5O4. The quantitative estimate of drug-likeness (QED) is 0.688. The molecule has 4 rings (SSSR count). The van der Waals surface area contributed by atoms with E-state index in [9.17, 15) is 14.4 Å². The van der Waals surface area contributed by atoms with Crippen LogP contribution >= 0.6 is 0 Å². The van der Waals surface area contributed by atoms with Crippen molar-refractivity contribution in [3.8, 4) is 5.75 Å². The van der Waals surface area contributed by atoms with E-state index in [1.54, 1.807) is 34.3 Å². The van der Waals surface area contributed by atoms with Gasteiger partial charge in [0.05, 0.1) is 24.3 Å². The number of carbonyl (C=O) groups is 3. The monoisotopic (exact) mass is 437 g/mol. The molecule has 2 aromatic rings. The summed E-state index contributed by atoms with van der Waals surface area (Å²) in [6, 6.07) is 10.7. The van der Waals surface area contributed by atoms with Crippen LogP contribution in [-0.4, -0.2) is 64.9 Å². The van der Waals surface area contributed by atoms with Gasteiger partial charge in [-0.15, -0.1) is 0 Å². The van der Waals surface area contributed by atoms with Gasteiger partial charge >= 0.3 is 6.03 Å². The molecule has 0 radical (unpaired) electrons. The van der Waals surface area contributed by atoms with Gasteiger partial charge in [-0.2, -0.15) is 0 Å².